The van der Waals surface area contributed by atoms with E-state index in [4.69, 9.17) is 15.0 Å². The molecule has 0 fully saturated rings. The molecule has 0 aliphatic heterocycles. The van der Waals surface area contributed by atoms with Gasteiger partial charge in [0.25, 0.3) is 0 Å². The van der Waals surface area contributed by atoms with Gasteiger partial charge in [-0.15, -0.1) is 0 Å². The van der Waals surface area contributed by atoms with Crippen molar-refractivity contribution in [1.29, 1.82) is 0 Å². The fourth-order valence-corrected chi connectivity index (χ4v) is 0. The molecule has 0 aromatic carbocycles. The molecule has 0 atom stereocenters. The van der Waals surface area contributed by atoms with Crippen LogP contribution < -0.4 is 0 Å². The number of rotatable bonds is 0. The molecule has 44 valence electrons. The quantitative estimate of drug-likeness (QED) is 0.666. The summed E-state index contributed by atoms with van der Waals surface area (Å²) in [7, 11) is 0. The maximum atomic E-state index is 8.56. The molecule has 8 heavy (non-hydrogen) atoms. The van der Waals surface area contributed by atoms with Crippen LogP contribution in [0.15, 0.2) is 0 Å². The summed E-state index contributed by atoms with van der Waals surface area (Å²) in [6, 6.07) is 0. The van der Waals surface area contributed by atoms with Crippen molar-refractivity contribution in [2.75, 3.05) is 0 Å². The SMILES string of the molecule is C[CH](C)[Cs].O=C(O)O. The first-order chi connectivity index (χ1) is 3.46. The van der Waals surface area contributed by atoms with Crippen molar-refractivity contribution in [3.8, 4) is 0 Å². The Balaban J connectivity index is 0. The van der Waals surface area contributed by atoms with Crippen LogP contribution >= 0.6 is 0 Å². The number of hydrogen-bond acceptors (Lipinski definition) is 1. The van der Waals surface area contributed by atoms with E-state index in [1.807, 2.05) is 0 Å². The van der Waals surface area contributed by atoms with Gasteiger partial charge in [0, 0.05) is 0 Å². The normalized spacial score (nSPS) is 7.62. The first-order valence-corrected chi connectivity index (χ1v) is 6.01. The van der Waals surface area contributed by atoms with Gasteiger partial charge >= 0.3 is 83.3 Å². The second-order valence-electron chi connectivity index (χ2n) is 2.01. The molecular formula is C4H9CsO3. The summed E-state index contributed by atoms with van der Waals surface area (Å²) in [5.74, 6) is 0. The largest absolute Gasteiger partial charge is 0.503 e. The molecule has 0 heterocycles. The van der Waals surface area contributed by atoms with Crippen molar-refractivity contribution < 1.29 is 15.0 Å². The molecule has 0 radical (unpaired) electrons. The second kappa shape index (κ2) is 8.32. The summed E-state index contributed by atoms with van der Waals surface area (Å²) in [6.07, 6.45) is -1.83. The molecule has 0 aliphatic rings. The molecule has 0 saturated carbocycles. The van der Waals surface area contributed by atoms with Crippen molar-refractivity contribution in [2.45, 2.75) is 11.2 Å². The summed E-state index contributed by atoms with van der Waals surface area (Å²) in [6.45, 7) is 4.53. The van der Waals surface area contributed by atoms with Crippen molar-refractivity contribution in [1.82, 2.24) is 0 Å². The van der Waals surface area contributed by atoms with Gasteiger partial charge in [-0.1, -0.05) is 0 Å². The van der Waals surface area contributed by atoms with Crippen LogP contribution in [0.25, 0.3) is 0 Å². The van der Waals surface area contributed by atoms with E-state index in [1.54, 1.807) is 0 Å². The van der Waals surface area contributed by atoms with Crippen LogP contribution in [0.4, 0.5) is 4.79 Å². The number of carboxylic acid groups (broad SMARTS) is 2. The molecule has 0 saturated heterocycles. The molecular weight excluding hydrogens is 229 g/mol. The van der Waals surface area contributed by atoms with Gasteiger partial charge in [-0.3, -0.25) is 0 Å². The summed E-state index contributed by atoms with van der Waals surface area (Å²) in [5, 5.41) is 13.9. The van der Waals surface area contributed by atoms with Crippen molar-refractivity contribution in [2.24, 2.45) is 0 Å². The molecule has 0 aromatic rings. The Morgan fingerprint density at radius 1 is 1.50 bits per heavy atom. The summed E-state index contributed by atoms with van der Waals surface area (Å²) in [5.41, 5.74) is 0. The predicted molar refractivity (Wildman–Crippen MR) is 31.5 cm³/mol. The van der Waals surface area contributed by atoms with E-state index in [-0.39, 0.29) is 0 Å². The van der Waals surface area contributed by atoms with E-state index in [0.29, 0.717) is 0 Å². The van der Waals surface area contributed by atoms with Gasteiger partial charge in [0.05, 0.1) is 0 Å². The Kier molecular flexibility index (Phi) is 12.5. The molecule has 0 bridgehead atoms. The monoisotopic (exact) mass is 238 g/mol. The maximum absolute atomic E-state index is 8.56. The number of carbonyl (C=O) groups is 1. The molecule has 0 aliphatic carbocycles. The average Bonchev–Trinajstić information content (AvgIpc) is 1.25. The first-order valence-electron chi connectivity index (χ1n) is 2.38. The van der Waals surface area contributed by atoms with Crippen LogP contribution in [-0.2, 0) is 0 Å². The van der Waals surface area contributed by atoms with Crippen LogP contribution in [0.3, 0.4) is 0 Å². The minimum Gasteiger partial charge on any atom is -0.450 e. The third-order valence-electron chi connectivity index (χ3n) is 0. The molecule has 3 nitrogen and oxygen atoms in total. The van der Waals surface area contributed by atoms with E-state index >= 15 is 0 Å². The zero-order chi connectivity index (χ0) is 7.15. The van der Waals surface area contributed by atoms with Gasteiger partial charge < -0.3 is 10.2 Å². The van der Waals surface area contributed by atoms with Crippen LogP contribution in [0, 0.1) is 0 Å². The minimum absolute atomic E-state index is 0.858. The Hall–Kier alpha value is 1.32. The molecule has 0 unspecified atom stereocenters. The van der Waals surface area contributed by atoms with Crippen LogP contribution in [0.1, 0.15) is 13.8 Å². The fourth-order valence-electron chi connectivity index (χ4n) is 0. The van der Waals surface area contributed by atoms with Crippen LogP contribution in [-0.4, -0.2) is 82.3 Å². The predicted octanol–water partition coefficient (Wildman–Crippen LogP) is 1.21. The smallest absolute Gasteiger partial charge is 0.450 e. The van der Waals surface area contributed by atoms with E-state index in [9.17, 15) is 0 Å². The van der Waals surface area contributed by atoms with E-state index < -0.39 is 6.16 Å². The van der Waals surface area contributed by atoms with Crippen LogP contribution in [0.5, 0.6) is 0 Å². The van der Waals surface area contributed by atoms with E-state index in [2.05, 4.69) is 13.8 Å². The summed E-state index contributed by atoms with van der Waals surface area (Å²) < 4.78 is 1.06. The van der Waals surface area contributed by atoms with Crippen molar-refractivity contribution >= 4 is 72.1 Å². The Labute approximate surface area is 95.8 Å². The average molecular weight is 238 g/mol. The topological polar surface area (TPSA) is 57.5 Å². The molecule has 0 rings (SSSR count). The van der Waals surface area contributed by atoms with Crippen LogP contribution in [0.2, 0.25) is -2.66 Å². The van der Waals surface area contributed by atoms with Gasteiger partial charge in [0.15, 0.2) is 0 Å². The third-order valence-corrected chi connectivity index (χ3v) is 0. The van der Waals surface area contributed by atoms with Gasteiger partial charge in [-0.2, -0.15) is 0 Å². The zero-order valence-electron chi connectivity index (χ0n) is 5.38. The Morgan fingerprint density at radius 3 is 1.50 bits per heavy atom. The van der Waals surface area contributed by atoms with Crippen molar-refractivity contribution in [3.05, 3.63) is 0 Å². The van der Waals surface area contributed by atoms with E-state index in [1.165, 1.54) is 0 Å². The van der Waals surface area contributed by atoms with Crippen molar-refractivity contribution in [3.63, 3.8) is 0 Å². The van der Waals surface area contributed by atoms with Gasteiger partial charge in [-0.05, 0) is 0 Å². The first kappa shape index (κ1) is 12.0. The van der Waals surface area contributed by atoms with Gasteiger partial charge in [-0.25, -0.2) is 4.79 Å². The second-order valence-corrected chi connectivity index (χ2v) is 9.27. The minimum atomic E-state index is -1.83. The molecule has 0 aromatic heterocycles. The molecule has 0 amide bonds. The Bertz CT molecular complexity index is 55.5. The fraction of sp³-hybridized carbons (Fsp3) is 0.750. The molecule has 4 heteroatoms. The number of hydrogen-bond donors (Lipinski definition) is 2. The van der Waals surface area contributed by atoms with Gasteiger partial charge in [0.1, 0.15) is 0 Å². The molecule has 0 spiro atoms. The maximum Gasteiger partial charge on any atom is 0.503 e. The standard InChI is InChI=1S/C3H7.CH2O3.Cs/c1-3-2;2-1(3)4;/h3H,1-2H3;(H2,2,3,4);. The molecule has 2 N–H and O–H groups in total. The Morgan fingerprint density at radius 2 is 1.50 bits per heavy atom. The van der Waals surface area contributed by atoms with E-state index in [0.717, 1.165) is 63.3 Å². The zero-order valence-corrected chi connectivity index (χ0v) is 11.7. The summed E-state index contributed by atoms with van der Waals surface area (Å²) >= 11 is 0.858. The third kappa shape index (κ3) is 167. The summed E-state index contributed by atoms with van der Waals surface area (Å²) in [4.78, 5) is 8.56. The van der Waals surface area contributed by atoms with Gasteiger partial charge in [0.2, 0.25) is 0 Å².